The summed E-state index contributed by atoms with van der Waals surface area (Å²) in [6.45, 7) is 1.78. The van der Waals surface area contributed by atoms with E-state index in [4.69, 9.17) is 5.73 Å². The molecule has 0 fully saturated rings. The first-order chi connectivity index (χ1) is 9.80. The first kappa shape index (κ1) is 15.1. The first-order valence-electron chi connectivity index (χ1n) is 6.05. The van der Waals surface area contributed by atoms with E-state index in [-0.39, 0.29) is 17.0 Å². The molecule has 3 N–H and O–H groups in total. The van der Waals surface area contributed by atoms with Crippen LogP contribution in [0.15, 0.2) is 29.2 Å². The van der Waals surface area contributed by atoms with Crippen LogP contribution < -0.4 is 5.73 Å². The Balaban J connectivity index is 2.22. The van der Waals surface area contributed by atoms with Gasteiger partial charge in [-0.25, -0.2) is 13.4 Å². The summed E-state index contributed by atoms with van der Waals surface area (Å²) >= 11 is 0. The average molecular weight is 309 g/mol. The van der Waals surface area contributed by atoms with Gasteiger partial charge in [0.15, 0.2) is 5.82 Å². The number of nitrogens with two attached hydrogens (primary N) is 1. The van der Waals surface area contributed by atoms with Gasteiger partial charge in [0, 0.05) is 12.6 Å². The predicted octanol–water partition coefficient (Wildman–Crippen LogP) is 0.0327. The monoisotopic (exact) mass is 309 g/mol. The zero-order chi connectivity index (χ0) is 15.6. The predicted molar refractivity (Wildman–Crippen MR) is 74.7 cm³/mol. The van der Waals surface area contributed by atoms with Gasteiger partial charge in [-0.1, -0.05) is 0 Å². The lowest BCUT2D eigenvalue weighted by Gasteiger charge is -2.15. The van der Waals surface area contributed by atoms with E-state index in [0.29, 0.717) is 11.6 Å². The molecule has 0 spiro atoms. The number of aromatic amines is 1. The summed E-state index contributed by atoms with van der Waals surface area (Å²) in [6, 6.07) is 5.43. The first-order valence-corrected chi connectivity index (χ1v) is 7.49. The summed E-state index contributed by atoms with van der Waals surface area (Å²) in [5.41, 5.74) is 5.37. The van der Waals surface area contributed by atoms with Crippen molar-refractivity contribution in [3.63, 3.8) is 0 Å². The molecule has 0 saturated heterocycles. The molecule has 0 aliphatic rings. The van der Waals surface area contributed by atoms with E-state index in [1.54, 1.807) is 6.92 Å². The molecule has 0 aliphatic carbocycles. The van der Waals surface area contributed by atoms with Crippen LogP contribution in [0.5, 0.6) is 0 Å². The molecule has 1 aromatic heterocycles. The maximum atomic E-state index is 12.4. The van der Waals surface area contributed by atoms with Crippen molar-refractivity contribution in [3.05, 3.63) is 41.5 Å². The van der Waals surface area contributed by atoms with Crippen molar-refractivity contribution >= 4 is 15.9 Å². The van der Waals surface area contributed by atoms with Gasteiger partial charge in [-0.15, -0.1) is 0 Å². The minimum absolute atomic E-state index is 0.0459. The minimum atomic E-state index is -3.68. The Kier molecular flexibility index (Phi) is 4.05. The fraction of sp³-hybridized carbons (Fsp3) is 0.250. The number of nitrogens with zero attached hydrogens (tertiary/aromatic N) is 3. The fourth-order valence-electron chi connectivity index (χ4n) is 1.71. The van der Waals surface area contributed by atoms with E-state index in [0.717, 1.165) is 4.31 Å². The van der Waals surface area contributed by atoms with Crippen molar-refractivity contribution in [2.24, 2.45) is 5.73 Å². The van der Waals surface area contributed by atoms with Crippen LogP contribution in [0.2, 0.25) is 0 Å². The zero-order valence-electron chi connectivity index (χ0n) is 11.6. The zero-order valence-corrected chi connectivity index (χ0v) is 12.4. The number of aryl methyl sites for hydroxylation is 1. The summed E-state index contributed by atoms with van der Waals surface area (Å²) in [6.07, 6.45) is 0. The van der Waals surface area contributed by atoms with Crippen molar-refractivity contribution in [1.82, 2.24) is 19.5 Å². The second-order valence-electron chi connectivity index (χ2n) is 4.49. The number of hydrogen-bond donors (Lipinski definition) is 2. The van der Waals surface area contributed by atoms with Crippen molar-refractivity contribution < 1.29 is 13.2 Å². The number of H-pyrrole nitrogens is 1. The van der Waals surface area contributed by atoms with Gasteiger partial charge in [0.1, 0.15) is 5.82 Å². The van der Waals surface area contributed by atoms with E-state index in [2.05, 4.69) is 15.2 Å². The van der Waals surface area contributed by atoms with Crippen LogP contribution in [-0.2, 0) is 16.6 Å². The standard InChI is InChI=1S/C12H15N5O3S/c1-8-14-11(16-15-8)7-17(2)21(19,20)10-5-3-9(4-6-10)12(13)18/h3-6H,7H2,1-2H3,(H2,13,18)(H,14,15,16). The molecule has 112 valence electrons. The Morgan fingerprint density at radius 1 is 1.33 bits per heavy atom. The van der Waals surface area contributed by atoms with Gasteiger partial charge < -0.3 is 5.73 Å². The maximum absolute atomic E-state index is 12.4. The molecule has 0 radical (unpaired) electrons. The second kappa shape index (κ2) is 5.62. The van der Waals surface area contributed by atoms with Crippen LogP contribution in [0, 0.1) is 6.92 Å². The number of aromatic nitrogens is 3. The molecule has 0 bridgehead atoms. The second-order valence-corrected chi connectivity index (χ2v) is 6.53. The van der Waals surface area contributed by atoms with E-state index in [1.165, 1.54) is 31.3 Å². The topological polar surface area (TPSA) is 122 Å². The number of benzene rings is 1. The Bertz CT molecular complexity index is 751. The summed E-state index contributed by atoms with van der Waals surface area (Å²) in [5.74, 6) is 0.387. The fourth-order valence-corrected chi connectivity index (χ4v) is 2.84. The highest BCUT2D eigenvalue weighted by molar-refractivity contribution is 7.89. The number of sulfonamides is 1. The van der Waals surface area contributed by atoms with Gasteiger partial charge in [0.2, 0.25) is 15.9 Å². The third-order valence-corrected chi connectivity index (χ3v) is 4.67. The molecular formula is C12H15N5O3S. The molecular weight excluding hydrogens is 294 g/mol. The van der Waals surface area contributed by atoms with Crippen LogP contribution in [-0.4, -0.2) is 40.9 Å². The van der Waals surface area contributed by atoms with Gasteiger partial charge in [-0.3, -0.25) is 9.89 Å². The highest BCUT2D eigenvalue weighted by Crippen LogP contribution is 2.16. The lowest BCUT2D eigenvalue weighted by molar-refractivity contribution is 0.1000. The molecule has 21 heavy (non-hydrogen) atoms. The van der Waals surface area contributed by atoms with Crippen molar-refractivity contribution in [3.8, 4) is 0 Å². The summed E-state index contributed by atoms with van der Waals surface area (Å²) < 4.78 is 25.9. The van der Waals surface area contributed by atoms with E-state index in [9.17, 15) is 13.2 Å². The maximum Gasteiger partial charge on any atom is 0.248 e. The molecule has 2 rings (SSSR count). The van der Waals surface area contributed by atoms with Crippen LogP contribution in [0.4, 0.5) is 0 Å². The Hall–Kier alpha value is -2.26. The molecule has 0 atom stereocenters. The Morgan fingerprint density at radius 2 is 1.95 bits per heavy atom. The number of primary amides is 1. The summed E-state index contributed by atoms with van der Waals surface area (Å²) in [4.78, 5) is 15.1. The smallest absolute Gasteiger partial charge is 0.248 e. The summed E-state index contributed by atoms with van der Waals surface area (Å²) in [5, 5.41) is 6.55. The van der Waals surface area contributed by atoms with E-state index in [1.807, 2.05) is 0 Å². The Morgan fingerprint density at radius 3 is 2.43 bits per heavy atom. The van der Waals surface area contributed by atoms with Gasteiger partial charge in [0.25, 0.3) is 0 Å². The van der Waals surface area contributed by atoms with Gasteiger partial charge in [0.05, 0.1) is 11.4 Å². The van der Waals surface area contributed by atoms with Crippen molar-refractivity contribution in [2.45, 2.75) is 18.4 Å². The van der Waals surface area contributed by atoms with Gasteiger partial charge in [-0.2, -0.15) is 9.40 Å². The van der Waals surface area contributed by atoms with Gasteiger partial charge in [-0.05, 0) is 31.2 Å². The molecule has 1 aromatic carbocycles. The van der Waals surface area contributed by atoms with Crippen LogP contribution in [0.3, 0.4) is 0 Å². The van der Waals surface area contributed by atoms with E-state index < -0.39 is 15.9 Å². The number of hydrogen-bond acceptors (Lipinski definition) is 5. The highest BCUT2D eigenvalue weighted by Gasteiger charge is 2.22. The normalized spacial score (nSPS) is 11.8. The Labute approximate surface area is 122 Å². The number of nitrogens with one attached hydrogen (secondary N) is 1. The molecule has 0 saturated carbocycles. The molecule has 1 heterocycles. The van der Waals surface area contributed by atoms with Crippen LogP contribution in [0.25, 0.3) is 0 Å². The van der Waals surface area contributed by atoms with Crippen LogP contribution >= 0.6 is 0 Å². The van der Waals surface area contributed by atoms with Crippen LogP contribution in [0.1, 0.15) is 22.0 Å². The average Bonchev–Trinajstić information content (AvgIpc) is 2.84. The van der Waals surface area contributed by atoms with Crippen molar-refractivity contribution in [2.75, 3.05) is 7.05 Å². The third kappa shape index (κ3) is 3.26. The number of amides is 1. The summed E-state index contributed by atoms with van der Waals surface area (Å²) in [7, 11) is -2.25. The number of rotatable bonds is 5. The molecule has 8 nitrogen and oxygen atoms in total. The van der Waals surface area contributed by atoms with E-state index >= 15 is 0 Å². The minimum Gasteiger partial charge on any atom is -0.366 e. The number of carbonyl (C=O) groups excluding carboxylic acids is 1. The molecule has 1 amide bonds. The van der Waals surface area contributed by atoms with Gasteiger partial charge >= 0.3 is 0 Å². The largest absolute Gasteiger partial charge is 0.366 e. The molecule has 9 heteroatoms. The number of carbonyl (C=O) groups is 1. The SMILES string of the molecule is Cc1nc(CN(C)S(=O)(=O)c2ccc(C(N)=O)cc2)n[nH]1. The highest BCUT2D eigenvalue weighted by atomic mass is 32.2. The van der Waals surface area contributed by atoms with Crippen molar-refractivity contribution in [1.29, 1.82) is 0 Å². The lowest BCUT2D eigenvalue weighted by Crippen LogP contribution is -2.27. The molecule has 0 unspecified atom stereocenters. The third-order valence-electron chi connectivity index (χ3n) is 2.85. The lowest BCUT2D eigenvalue weighted by atomic mass is 10.2. The molecule has 2 aromatic rings. The quantitative estimate of drug-likeness (QED) is 0.807. The molecule has 0 aliphatic heterocycles.